The summed E-state index contributed by atoms with van der Waals surface area (Å²) in [5, 5.41) is 11.0. The smallest absolute Gasteiger partial charge is 0.341 e. The third-order valence-electron chi connectivity index (χ3n) is 2.52. The second-order valence-electron chi connectivity index (χ2n) is 3.79. The number of rotatable bonds is 5. The van der Waals surface area contributed by atoms with Gasteiger partial charge in [0, 0.05) is 11.0 Å². The molecule has 1 rings (SSSR count). The van der Waals surface area contributed by atoms with Crippen LogP contribution < -0.4 is 0 Å². The lowest BCUT2D eigenvalue weighted by molar-refractivity contribution is -0.385. The van der Waals surface area contributed by atoms with Gasteiger partial charge in [0.1, 0.15) is 5.57 Å². The molecule has 6 nitrogen and oxygen atoms in total. The Balaban J connectivity index is 3.45. The molecule has 0 aliphatic heterocycles. The number of esters is 1. The molecule has 0 saturated carbocycles. The molecule has 0 saturated heterocycles. The number of benzene rings is 1. The summed E-state index contributed by atoms with van der Waals surface area (Å²) in [6.45, 7) is 1.20. The number of hydrogen-bond acceptors (Lipinski definition) is 6. The molecule has 0 heterocycles. The monoisotopic (exact) mass is 295 g/mol. The predicted octanol–water partition coefficient (Wildman–Crippen LogP) is 2.46. The van der Waals surface area contributed by atoms with Crippen molar-refractivity contribution < 1.29 is 19.2 Å². The minimum atomic E-state index is -0.818. The van der Waals surface area contributed by atoms with Crippen LogP contribution in [0.1, 0.15) is 12.5 Å². The van der Waals surface area contributed by atoms with Gasteiger partial charge in [-0.05, 0) is 31.4 Å². The van der Waals surface area contributed by atoms with Crippen molar-refractivity contribution in [1.29, 1.82) is 0 Å². The molecule has 0 aromatic heterocycles. The van der Waals surface area contributed by atoms with Crippen molar-refractivity contribution in [1.82, 2.24) is 0 Å². The van der Waals surface area contributed by atoms with E-state index in [1.54, 1.807) is 12.1 Å². The van der Waals surface area contributed by atoms with E-state index in [2.05, 4.69) is 4.74 Å². The molecule has 0 bridgehead atoms. The molecule has 0 fully saturated rings. The van der Waals surface area contributed by atoms with Gasteiger partial charge in [0.25, 0.3) is 5.69 Å². The summed E-state index contributed by atoms with van der Waals surface area (Å²) in [4.78, 5) is 34.1. The Morgan fingerprint density at radius 3 is 2.50 bits per heavy atom. The first-order valence-electron chi connectivity index (χ1n) is 5.54. The van der Waals surface area contributed by atoms with Crippen molar-refractivity contribution in [3.8, 4) is 0 Å². The molecule has 0 spiro atoms. The Morgan fingerprint density at radius 2 is 2.05 bits per heavy atom. The fraction of sp³-hybridized carbons (Fsp3) is 0.231. The maximum Gasteiger partial charge on any atom is 0.341 e. The molecule has 0 N–H and O–H groups in total. The second-order valence-corrected chi connectivity index (χ2v) is 4.67. The molecule has 1 aromatic rings. The molecule has 0 unspecified atom stereocenters. The third kappa shape index (κ3) is 3.67. The molecule has 1 aromatic carbocycles. The zero-order valence-electron chi connectivity index (χ0n) is 11.2. The van der Waals surface area contributed by atoms with Crippen molar-refractivity contribution in [2.24, 2.45) is 0 Å². The van der Waals surface area contributed by atoms with E-state index in [1.807, 2.05) is 6.26 Å². The lowest BCUT2D eigenvalue weighted by Gasteiger charge is -2.04. The number of hydrogen-bond donors (Lipinski definition) is 0. The van der Waals surface area contributed by atoms with E-state index in [0.29, 0.717) is 0 Å². The minimum Gasteiger partial charge on any atom is -0.465 e. The maximum absolute atomic E-state index is 11.5. The number of nitro groups is 1. The van der Waals surface area contributed by atoms with Gasteiger partial charge in [0.2, 0.25) is 0 Å². The highest BCUT2D eigenvalue weighted by atomic mass is 32.2. The van der Waals surface area contributed by atoms with Crippen LogP contribution in [0.25, 0.3) is 6.08 Å². The van der Waals surface area contributed by atoms with Gasteiger partial charge in [-0.3, -0.25) is 14.9 Å². The molecule has 106 valence electrons. The number of carbonyl (C=O) groups is 2. The van der Waals surface area contributed by atoms with Crippen molar-refractivity contribution in [3.63, 3.8) is 0 Å². The lowest BCUT2D eigenvalue weighted by atomic mass is 10.1. The normalized spacial score (nSPS) is 11.1. The summed E-state index contributed by atoms with van der Waals surface area (Å²) in [5.74, 6) is -1.33. The van der Waals surface area contributed by atoms with E-state index in [9.17, 15) is 19.7 Å². The van der Waals surface area contributed by atoms with Crippen molar-refractivity contribution in [3.05, 3.63) is 39.4 Å². The van der Waals surface area contributed by atoms with Gasteiger partial charge in [-0.2, -0.15) is 0 Å². The number of thioether (sulfide) groups is 1. The number of nitrogens with zero attached hydrogens (tertiary/aromatic N) is 1. The molecule has 0 atom stereocenters. The first-order valence-corrected chi connectivity index (χ1v) is 6.76. The predicted molar refractivity (Wildman–Crippen MR) is 75.6 cm³/mol. The summed E-state index contributed by atoms with van der Waals surface area (Å²) < 4.78 is 4.50. The highest BCUT2D eigenvalue weighted by Crippen LogP contribution is 2.27. The van der Waals surface area contributed by atoms with E-state index in [1.165, 1.54) is 30.8 Å². The summed E-state index contributed by atoms with van der Waals surface area (Å²) in [6.07, 6.45) is 3.01. The lowest BCUT2D eigenvalue weighted by Crippen LogP contribution is -2.11. The molecule has 0 aliphatic carbocycles. The molecule has 20 heavy (non-hydrogen) atoms. The molecular formula is C13H13NO5S. The average molecular weight is 295 g/mol. The van der Waals surface area contributed by atoms with Crippen molar-refractivity contribution >= 4 is 35.3 Å². The third-order valence-corrected chi connectivity index (χ3v) is 3.24. The second kappa shape index (κ2) is 6.85. The van der Waals surface area contributed by atoms with Crippen LogP contribution in [0.2, 0.25) is 0 Å². The van der Waals surface area contributed by atoms with E-state index in [0.717, 1.165) is 12.0 Å². The molecule has 7 heteroatoms. The first kappa shape index (κ1) is 15.9. The van der Waals surface area contributed by atoms with E-state index in [4.69, 9.17) is 0 Å². The standard InChI is InChI=1S/C13H13NO5S/c1-8(15)11(13(16)19-2)7-9-6-10(20-3)4-5-12(9)14(17)18/h4-7H,1-3H3/b11-7+. The Bertz CT molecular complexity index is 594. The van der Waals surface area contributed by atoms with Gasteiger partial charge in [-0.25, -0.2) is 4.79 Å². The van der Waals surface area contributed by atoms with Crippen LogP contribution in [0.5, 0.6) is 0 Å². The number of methoxy groups -OCH3 is 1. The first-order chi connectivity index (χ1) is 9.40. The van der Waals surface area contributed by atoms with Gasteiger partial charge in [-0.1, -0.05) is 0 Å². The Morgan fingerprint density at radius 1 is 1.40 bits per heavy atom. The van der Waals surface area contributed by atoms with Crippen LogP contribution in [0, 0.1) is 10.1 Å². The Labute approximate surface area is 120 Å². The summed E-state index contributed by atoms with van der Waals surface area (Å²) in [5.41, 5.74) is -0.211. The van der Waals surface area contributed by atoms with Gasteiger partial charge in [0.05, 0.1) is 17.6 Å². The summed E-state index contributed by atoms with van der Waals surface area (Å²) in [7, 11) is 1.14. The number of ether oxygens (including phenoxy) is 1. The van der Waals surface area contributed by atoms with Crippen LogP contribution in [-0.2, 0) is 14.3 Å². The van der Waals surface area contributed by atoms with E-state index < -0.39 is 16.7 Å². The molecule has 0 radical (unpaired) electrons. The van der Waals surface area contributed by atoms with E-state index >= 15 is 0 Å². The van der Waals surface area contributed by atoms with Gasteiger partial charge in [-0.15, -0.1) is 11.8 Å². The largest absolute Gasteiger partial charge is 0.465 e. The topological polar surface area (TPSA) is 86.5 Å². The van der Waals surface area contributed by atoms with Crippen LogP contribution in [0.15, 0.2) is 28.7 Å². The number of Topliss-reactive ketones (excluding diaryl/α,β-unsaturated/α-hetero) is 1. The van der Waals surface area contributed by atoms with Crippen LogP contribution in [0.4, 0.5) is 5.69 Å². The fourth-order valence-corrected chi connectivity index (χ4v) is 1.96. The maximum atomic E-state index is 11.5. The number of carbonyl (C=O) groups excluding carboxylic acids is 2. The Kier molecular flexibility index (Phi) is 5.45. The van der Waals surface area contributed by atoms with Crippen LogP contribution in [0.3, 0.4) is 0 Å². The number of nitro benzene ring substituents is 1. The van der Waals surface area contributed by atoms with Gasteiger partial charge in [0.15, 0.2) is 5.78 Å². The molecule has 0 aliphatic rings. The average Bonchev–Trinajstić information content (AvgIpc) is 2.42. The highest BCUT2D eigenvalue weighted by Gasteiger charge is 2.19. The van der Waals surface area contributed by atoms with Gasteiger partial charge < -0.3 is 4.74 Å². The zero-order chi connectivity index (χ0) is 15.3. The van der Waals surface area contributed by atoms with Crippen LogP contribution in [-0.4, -0.2) is 30.0 Å². The molecule has 0 amide bonds. The van der Waals surface area contributed by atoms with E-state index in [-0.39, 0.29) is 16.8 Å². The van der Waals surface area contributed by atoms with Gasteiger partial charge >= 0.3 is 5.97 Å². The Hall–Kier alpha value is -2.15. The van der Waals surface area contributed by atoms with Crippen molar-refractivity contribution in [2.75, 3.05) is 13.4 Å². The van der Waals surface area contributed by atoms with Crippen LogP contribution >= 0.6 is 11.8 Å². The zero-order valence-corrected chi connectivity index (χ0v) is 12.0. The highest BCUT2D eigenvalue weighted by molar-refractivity contribution is 7.98. The summed E-state index contributed by atoms with van der Waals surface area (Å²) >= 11 is 1.40. The SMILES string of the molecule is COC(=O)/C(=C/c1cc(SC)ccc1[N+](=O)[O-])C(C)=O. The minimum absolute atomic E-state index is 0.176. The fourth-order valence-electron chi connectivity index (χ4n) is 1.51. The molecular weight excluding hydrogens is 282 g/mol. The number of ketones is 1. The summed E-state index contributed by atoms with van der Waals surface area (Å²) in [6, 6.07) is 4.49. The van der Waals surface area contributed by atoms with Crippen molar-refractivity contribution in [2.45, 2.75) is 11.8 Å². The quantitative estimate of drug-likeness (QED) is 0.158.